The van der Waals surface area contributed by atoms with Crippen molar-refractivity contribution in [3.05, 3.63) is 121 Å². The van der Waals surface area contributed by atoms with Crippen molar-refractivity contribution in [1.82, 2.24) is 0 Å². The molecule has 0 saturated heterocycles. The van der Waals surface area contributed by atoms with Crippen LogP contribution in [0, 0.1) is 0 Å². The van der Waals surface area contributed by atoms with E-state index in [-0.39, 0.29) is 30.2 Å². The maximum Gasteiger partial charge on any atom is -1.00 e. The van der Waals surface area contributed by atoms with Crippen molar-refractivity contribution in [2.24, 2.45) is 0 Å². The number of hydrogen-bond donors (Lipinski definition) is 0. The molecular weight excluding hydrogens is 703 g/mol. The van der Waals surface area contributed by atoms with Crippen LogP contribution in [0.4, 0.5) is 0 Å². The van der Waals surface area contributed by atoms with Crippen LogP contribution in [0.5, 0.6) is 0 Å². The Labute approximate surface area is 295 Å². The largest absolute Gasteiger partial charge is 1.00 e. The van der Waals surface area contributed by atoms with E-state index in [1.807, 2.05) is 0 Å². The van der Waals surface area contributed by atoms with Crippen LogP contribution in [-0.2, 0) is 23.3 Å². The zero-order valence-corrected chi connectivity index (χ0v) is 34.3. The van der Waals surface area contributed by atoms with E-state index in [2.05, 4.69) is 174 Å². The number of benzene rings is 4. The summed E-state index contributed by atoms with van der Waals surface area (Å²) in [4.78, 5) is 0. The molecule has 44 heavy (non-hydrogen) atoms. The topological polar surface area (TPSA) is 0 Å². The predicted molar refractivity (Wildman–Crippen MR) is 193 cm³/mol. The minimum atomic E-state index is -1.24. The molecule has 228 valence electrons. The Hall–Kier alpha value is -1.79. The van der Waals surface area contributed by atoms with Crippen LogP contribution in [0.25, 0.3) is 43.8 Å². The van der Waals surface area contributed by atoms with Crippen LogP contribution in [0.3, 0.4) is 0 Å². The molecule has 0 bridgehead atoms. The van der Waals surface area contributed by atoms with E-state index >= 15 is 0 Å². The Morgan fingerprint density at radius 1 is 0.500 bits per heavy atom. The second kappa shape index (κ2) is 16.7. The van der Waals surface area contributed by atoms with Crippen LogP contribution in [0.2, 0.25) is 52.4 Å². The van der Waals surface area contributed by atoms with Crippen LogP contribution in [0.1, 0.15) is 0 Å². The van der Waals surface area contributed by atoms with Gasteiger partial charge in [-0.2, -0.15) is 12.1 Å². The van der Waals surface area contributed by atoms with Crippen LogP contribution in [-0.4, -0.2) is 21.6 Å². The predicted octanol–water partition coefficient (Wildman–Crippen LogP) is 4.33. The van der Waals surface area contributed by atoms with Gasteiger partial charge >= 0.3 is 41.9 Å². The van der Waals surface area contributed by atoms with Gasteiger partial charge in [0.2, 0.25) is 0 Å². The van der Waals surface area contributed by atoms with Gasteiger partial charge in [-0.3, -0.25) is 0 Å². The molecule has 0 aliphatic carbocycles. The molecule has 0 radical (unpaired) electrons. The first kappa shape index (κ1) is 38.4. The molecule has 0 amide bonds. The van der Waals surface area contributed by atoms with E-state index in [4.69, 9.17) is 0 Å². The summed E-state index contributed by atoms with van der Waals surface area (Å²) in [7, 11) is -2.48. The molecule has 0 heterocycles. The van der Waals surface area contributed by atoms with Crippen molar-refractivity contribution < 1.29 is 48.1 Å². The van der Waals surface area contributed by atoms with Crippen molar-refractivity contribution in [2.45, 2.75) is 52.4 Å². The third-order valence-corrected chi connectivity index (χ3v) is 11.4. The molecule has 6 heteroatoms. The molecule has 0 fully saturated rings. The molecule has 6 aromatic carbocycles. The van der Waals surface area contributed by atoms with Gasteiger partial charge in [0.05, 0.1) is 16.1 Å². The molecule has 0 aromatic heterocycles. The van der Waals surface area contributed by atoms with Crippen LogP contribution < -0.4 is 35.2 Å². The Morgan fingerprint density at radius 2 is 0.818 bits per heavy atom. The summed E-state index contributed by atoms with van der Waals surface area (Å²) in [5, 5.41) is 8.63. The molecule has 0 unspecified atom stereocenters. The minimum absolute atomic E-state index is 0. The fraction of sp³-hybridized carbons (Fsp3) is 0.211. The van der Waals surface area contributed by atoms with E-state index in [0.717, 1.165) is 0 Å². The molecule has 0 nitrogen and oxygen atoms in total. The molecule has 6 rings (SSSR count). The van der Waals surface area contributed by atoms with Gasteiger partial charge in [0.25, 0.3) is 0 Å². The quantitative estimate of drug-likeness (QED) is 0.186. The van der Waals surface area contributed by atoms with E-state index < -0.39 is 16.1 Å². The summed E-state index contributed by atoms with van der Waals surface area (Å²) in [6.07, 6.45) is 0. The molecule has 0 atom stereocenters. The summed E-state index contributed by atoms with van der Waals surface area (Å²) in [5.41, 5.74) is 5.52. The number of rotatable bonds is 4. The molecule has 0 N–H and O–H groups in total. The summed E-state index contributed by atoms with van der Waals surface area (Å²) in [6.45, 7) is 19.1. The molecule has 6 aromatic rings. The van der Waals surface area contributed by atoms with Crippen LogP contribution >= 0.6 is 0 Å². The standard InChI is InChI=1S/2C18H19Si.C2H6Si.2ClH.Zr/c2*1-19(2,3)16-12-15-10-7-11-17(18(15)13-16)14-8-5-4-6-9-14;1-3-2;;;/h2*4-13H,1-3H3;1-2H3;2*1H;/q2*-1;;;;+2/p-2. The van der Waals surface area contributed by atoms with Gasteiger partial charge in [0.15, 0.2) is 0 Å². The Morgan fingerprint density at radius 3 is 1.11 bits per heavy atom. The third kappa shape index (κ3) is 10.1. The average Bonchev–Trinajstić information content (AvgIpc) is 3.59. The summed E-state index contributed by atoms with van der Waals surface area (Å²) in [5.74, 6) is 0. The molecule has 0 spiro atoms. The maximum atomic E-state index is 2.41. The molecule has 0 aliphatic heterocycles. The molecule has 0 aliphatic rings. The SMILES string of the molecule is C[Si](C)(C)c1cc2c(-c3ccccc3)cccc2[cH-]1.C[Si](C)(C)c1cc2c(-c3ccccc3)cccc2[cH-]1.C[Si](C)=[Zr+2].[Cl-].[Cl-]. The number of hydrogen-bond acceptors (Lipinski definition) is 0. The van der Waals surface area contributed by atoms with Gasteiger partial charge in [0, 0.05) is 0 Å². The summed E-state index contributed by atoms with van der Waals surface area (Å²) < 4.78 is 0. The monoisotopic (exact) mass is 744 g/mol. The average molecular weight is 747 g/mol. The smallest absolute Gasteiger partial charge is 1.00 e. The number of halogens is 2. The molecule has 0 saturated carbocycles. The zero-order chi connectivity index (χ0) is 30.5. The van der Waals surface area contributed by atoms with Gasteiger partial charge in [0.1, 0.15) is 0 Å². The molecular formula is C38H44Cl2Si3Zr-2. The second-order valence-electron chi connectivity index (χ2n) is 13.3. The first-order chi connectivity index (χ1) is 19.8. The normalized spacial score (nSPS) is 11.0. The zero-order valence-electron chi connectivity index (χ0n) is 27.3. The fourth-order valence-corrected chi connectivity index (χ4v) is 7.41. The Balaban J connectivity index is 0.000000263. The summed E-state index contributed by atoms with van der Waals surface area (Å²) in [6, 6.07) is 44.2. The van der Waals surface area contributed by atoms with Crippen molar-refractivity contribution >= 4 is 53.5 Å². The van der Waals surface area contributed by atoms with Gasteiger partial charge in [-0.25, -0.2) is 0 Å². The Bertz CT molecular complexity index is 1640. The van der Waals surface area contributed by atoms with E-state index in [9.17, 15) is 0 Å². The first-order valence-corrected chi connectivity index (χ1v) is 28.1. The van der Waals surface area contributed by atoms with Crippen molar-refractivity contribution in [1.29, 1.82) is 0 Å². The van der Waals surface area contributed by atoms with E-state index in [0.29, 0.717) is 0 Å². The summed E-state index contributed by atoms with van der Waals surface area (Å²) >= 11 is 1.74. The van der Waals surface area contributed by atoms with Gasteiger partial charge < -0.3 is 24.8 Å². The van der Waals surface area contributed by atoms with Gasteiger partial charge in [-0.05, 0) is 11.1 Å². The van der Waals surface area contributed by atoms with Gasteiger partial charge in [-0.1, -0.05) is 123 Å². The first-order valence-electron chi connectivity index (χ1n) is 14.9. The van der Waals surface area contributed by atoms with Crippen molar-refractivity contribution in [3.8, 4) is 22.3 Å². The fourth-order valence-electron chi connectivity index (χ4n) is 5.07. The maximum absolute atomic E-state index is 2.41. The van der Waals surface area contributed by atoms with Gasteiger partial charge in [-0.15, -0.1) is 68.3 Å². The minimum Gasteiger partial charge on any atom is -1.00 e. The second-order valence-corrected chi connectivity index (χ2v) is 32.9. The third-order valence-electron chi connectivity index (χ3n) is 7.40. The van der Waals surface area contributed by atoms with Crippen molar-refractivity contribution in [2.75, 3.05) is 0 Å². The Kier molecular flexibility index (Phi) is 14.6. The van der Waals surface area contributed by atoms with E-state index in [1.54, 1.807) is 33.7 Å². The number of fused-ring (bicyclic) bond motifs is 2. The van der Waals surface area contributed by atoms with Crippen LogP contribution in [0.15, 0.2) is 121 Å². The van der Waals surface area contributed by atoms with Crippen molar-refractivity contribution in [3.63, 3.8) is 0 Å². The van der Waals surface area contributed by atoms with E-state index in [1.165, 1.54) is 43.8 Å².